The van der Waals surface area contributed by atoms with Crippen LogP contribution in [0.4, 0.5) is 0 Å². The van der Waals surface area contributed by atoms with Gasteiger partial charge in [-0.25, -0.2) is 0 Å². The normalized spacial score (nSPS) is 20.0. The fraction of sp³-hybridized carbons (Fsp3) is 0.429. The van der Waals surface area contributed by atoms with Gasteiger partial charge in [0.1, 0.15) is 0 Å². The number of amides is 2. The second kappa shape index (κ2) is 6.98. The number of benzene rings is 1. The van der Waals surface area contributed by atoms with E-state index in [1.54, 1.807) is 17.0 Å². The molecule has 2 amide bonds. The van der Waals surface area contributed by atoms with E-state index < -0.39 is 0 Å². The van der Waals surface area contributed by atoms with E-state index in [1.807, 2.05) is 18.0 Å². The lowest BCUT2D eigenvalue weighted by molar-refractivity contribution is -0.137. The molecule has 1 fully saturated rings. The van der Waals surface area contributed by atoms with Crippen molar-refractivity contribution in [2.75, 3.05) is 20.1 Å². The van der Waals surface area contributed by atoms with Crippen molar-refractivity contribution < 1.29 is 14.0 Å². The molecule has 1 saturated heterocycles. The van der Waals surface area contributed by atoms with Gasteiger partial charge in [-0.3, -0.25) is 9.59 Å². The van der Waals surface area contributed by atoms with Gasteiger partial charge < -0.3 is 14.2 Å². The molecule has 136 valence electrons. The summed E-state index contributed by atoms with van der Waals surface area (Å²) < 4.78 is 5.20. The van der Waals surface area contributed by atoms with Crippen LogP contribution in [0.25, 0.3) is 0 Å². The van der Waals surface area contributed by atoms with Crippen LogP contribution in [0, 0.1) is 5.92 Å². The first-order chi connectivity index (χ1) is 12.6. The second-order valence-corrected chi connectivity index (χ2v) is 7.25. The molecule has 2 aromatic rings. The average Bonchev–Trinajstić information content (AvgIpc) is 3.36. The number of aryl methyl sites for hydroxylation is 1. The topological polar surface area (TPSA) is 53.8 Å². The van der Waals surface area contributed by atoms with Crippen molar-refractivity contribution in [3.05, 3.63) is 59.5 Å². The number of furan rings is 1. The fourth-order valence-corrected chi connectivity index (χ4v) is 4.26. The standard InChI is InChI=1S/C21H24N2O3/c1-22(18-9-8-15-5-2-3-6-17(15)18)20(24)16-10-12-23(13-11-16)21(25)19-7-4-14-26-19/h2-7,14,16,18H,8-13H2,1H3. The van der Waals surface area contributed by atoms with Crippen LogP contribution in [0.1, 0.15) is 47.0 Å². The van der Waals surface area contributed by atoms with Gasteiger partial charge in [-0.05, 0) is 48.9 Å². The summed E-state index contributed by atoms with van der Waals surface area (Å²) in [7, 11) is 1.93. The molecule has 0 N–H and O–H groups in total. The Balaban J connectivity index is 1.37. The maximum absolute atomic E-state index is 13.0. The minimum absolute atomic E-state index is 0.00610. The molecule has 0 spiro atoms. The third kappa shape index (κ3) is 3.02. The molecule has 5 nitrogen and oxygen atoms in total. The number of rotatable bonds is 3. The Bertz CT molecular complexity index is 791. The van der Waals surface area contributed by atoms with Gasteiger partial charge in [-0.1, -0.05) is 24.3 Å². The first kappa shape index (κ1) is 16.9. The van der Waals surface area contributed by atoms with Crippen molar-refractivity contribution in [1.29, 1.82) is 0 Å². The molecule has 5 heteroatoms. The van der Waals surface area contributed by atoms with E-state index in [0.717, 1.165) is 12.8 Å². The van der Waals surface area contributed by atoms with Gasteiger partial charge >= 0.3 is 0 Å². The van der Waals surface area contributed by atoms with E-state index in [-0.39, 0.29) is 23.8 Å². The van der Waals surface area contributed by atoms with Crippen molar-refractivity contribution in [2.24, 2.45) is 5.92 Å². The number of nitrogens with zero attached hydrogens (tertiary/aromatic N) is 2. The molecular formula is C21H24N2O3. The van der Waals surface area contributed by atoms with Crippen LogP contribution in [0.2, 0.25) is 0 Å². The van der Waals surface area contributed by atoms with Crippen molar-refractivity contribution in [3.8, 4) is 0 Å². The minimum atomic E-state index is -0.0843. The molecule has 0 radical (unpaired) electrons. The van der Waals surface area contributed by atoms with E-state index in [4.69, 9.17) is 4.42 Å². The molecule has 2 aliphatic rings. The lowest BCUT2D eigenvalue weighted by Crippen LogP contribution is -2.44. The number of hydrogen-bond acceptors (Lipinski definition) is 3. The summed E-state index contributed by atoms with van der Waals surface area (Å²) in [6, 6.07) is 12.0. The molecule has 0 saturated carbocycles. The molecule has 1 atom stereocenters. The largest absolute Gasteiger partial charge is 0.459 e. The molecule has 2 heterocycles. The predicted octanol–water partition coefficient (Wildman–Crippen LogP) is 3.28. The number of piperidine rings is 1. The van der Waals surface area contributed by atoms with E-state index >= 15 is 0 Å². The SMILES string of the molecule is CN(C(=O)C1CCN(C(=O)c2ccco2)CC1)C1CCc2ccccc21. The number of likely N-dealkylation sites (tertiary alicyclic amines) is 1. The van der Waals surface area contributed by atoms with Gasteiger partial charge in [0, 0.05) is 26.1 Å². The van der Waals surface area contributed by atoms with E-state index in [2.05, 4.69) is 18.2 Å². The van der Waals surface area contributed by atoms with Gasteiger partial charge in [-0.2, -0.15) is 0 Å². The van der Waals surface area contributed by atoms with Gasteiger partial charge in [0.2, 0.25) is 5.91 Å². The van der Waals surface area contributed by atoms with E-state index in [9.17, 15) is 9.59 Å². The molecule has 26 heavy (non-hydrogen) atoms. The van der Waals surface area contributed by atoms with Crippen molar-refractivity contribution in [3.63, 3.8) is 0 Å². The van der Waals surface area contributed by atoms with Crippen LogP contribution >= 0.6 is 0 Å². The zero-order valence-electron chi connectivity index (χ0n) is 15.1. The van der Waals surface area contributed by atoms with Crippen molar-refractivity contribution in [2.45, 2.75) is 31.7 Å². The monoisotopic (exact) mass is 352 g/mol. The summed E-state index contributed by atoms with van der Waals surface area (Å²) in [4.78, 5) is 29.1. The van der Waals surface area contributed by atoms with Crippen LogP contribution in [0.3, 0.4) is 0 Å². The quantitative estimate of drug-likeness (QED) is 0.852. The molecule has 0 bridgehead atoms. The van der Waals surface area contributed by atoms with Gasteiger partial charge in [0.25, 0.3) is 5.91 Å². The summed E-state index contributed by atoms with van der Waals surface area (Å²) >= 11 is 0. The second-order valence-electron chi connectivity index (χ2n) is 7.25. The maximum Gasteiger partial charge on any atom is 0.289 e. The molecule has 1 aromatic carbocycles. The highest BCUT2D eigenvalue weighted by atomic mass is 16.3. The Kier molecular flexibility index (Phi) is 4.53. The highest BCUT2D eigenvalue weighted by Crippen LogP contribution is 2.36. The number of carbonyl (C=O) groups is 2. The van der Waals surface area contributed by atoms with Crippen LogP contribution in [-0.2, 0) is 11.2 Å². The number of hydrogen-bond donors (Lipinski definition) is 0. The average molecular weight is 352 g/mol. The third-order valence-electron chi connectivity index (χ3n) is 5.78. The number of fused-ring (bicyclic) bond motifs is 1. The van der Waals surface area contributed by atoms with E-state index in [1.165, 1.54) is 17.4 Å². The molecule has 1 aliphatic carbocycles. The van der Waals surface area contributed by atoms with Gasteiger partial charge in [0.05, 0.1) is 12.3 Å². The lowest BCUT2D eigenvalue weighted by Gasteiger charge is -2.35. The third-order valence-corrected chi connectivity index (χ3v) is 5.78. The lowest BCUT2D eigenvalue weighted by atomic mass is 9.94. The van der Waals surface area contributed by atoms with Crippen LogP contribution in [-0.4, -0.2) is 41.8 Å². The molecule has 1 aliphatic heterocycles. The summed E-state index contributed by atoms with van der Waals surface area (Å²) in [6.45, 7) is 1.20. The Hall–Kier alpha value is -2.56. The first-order valence-corrected chi connectivity index (χ1v) is 9.32. The highest BCUT2D eigenvalue weighted by Gasteiger charge is 2.34. The zero-order chi connectivity index (χ0) is 18.1. The minimum Gasteiger partial charge on any atom is -0.459 e. The van der Waals surface area contributed by atoms with Crippen molar-refractivity contribution >= 4 is 11.8 Å². The number of carbonyl (C=O) groups excluding carboxylic acids is 2. The predicted molar refractivity (Wildman–Crippen MR) is 97.6 cm³/mol. The Labute approximate surface area is 153 Å². The van der Waals surface area contributed by atoms with Gasteiger partial charge in [0.15, 0.2) is 5.76 Å². The molecular weight excluding hydrogens is 328 g/mol. The zero-order valence-corrected chi connectivity index (χ0v) is 15.1. The highest BCUT2D eigenvalue weighted by molar-refractivity contribution is 5.91. The van der Waals surface area contributed by atoms with Gasteiger partial charge in [-0.15, -0.1) is 0 Å². The summed E-state index contributed by atoms with van der Waals surface area (Å²) in [5.74, 6) is 0.485. The Morgan fingerprint density at radius 2 is 1.85 bits per heavy atom. The molecule has 1 unspecified atom stereocenters. The Morgan fingerprint density at radius 3 is 2.58 bits per heavy atom. The Morgan fingerprint density at radius 1 is 1.08 bits per heavy atom. The van der Waals surface area contributed by atoms with E-state index in [0.29, 0.717) is 31.7 Å². The summed E-state index contributed by atoms with van der Waals surface area (Å²) in [6.07, 6.45) is 4.97. The van der Waals surface area contributed by atoms with Crippen LogP contribution in [0.15, 0.2) is 47.1 Å². The van der Waals surface area contributed by atoms with Crippen LogP contribution < -0.4 is 0 Å². The molecule has 4 rings (SSSR count). The summed E-state index contributed by atoms with van der Waals surface area (Å²) in [5.41, 5.74) is 2.64. The van der Waals surface area contributed by atoms with Crippen LogP contribution in [0.5, 0.6) is 0 Å². The smallest absolute Gasteiger partial charge is 0.289 e. The molecule has 1 aromatic heterocycles. The fourth-order valence-electron chi connectivity index (χ4n) is 4.26. The van der Waals surface area contributed by atoms with Crippen molar-refractivity contribution in [1.82, 2.24) is 9.80 Å². The first-order valence-electron chi connectivity index (χ1n) is 9.32. The maximum atomic E-state index is 13.0. The summed E-state index contributed by atoms with van der Waals surface area (Å²) in [5, 5.41) is 0.